The van der Waals surface area contributed by atoms with Crippen molar-refractivity contribution in [3.05, 3.63) is 38.9 Å². The first-order valence-corrected chi connectivity index (χ1v) is 3.69. The predicted octanol–water partition coefficient (Wildman–Crippen LogP) is -3.20. The van der Waals surface area contributed by atoms with Gasteiger partial charge < -0.3 is 5.73 Å². The molecule has 1 aromatic carbocycles. The second kappa shape index (κ2) is 4.00. The first kappa shape index (κ1) is 11.0. The van der Waals surface area contributed by atoms with E-state index in [9.17, 15) is 9.59 Å². The standard InChI is InChI=1S/C8H7N3O2.Na/c9-5-3-1-2-4-6(5)8(13)11-10-7(4)12;/h1-3H,9H2,(H,10,12)(H,11,13);/q;+1. The Kier molecular flexibility index (Phi) is 3.15. The van der Waals surface area contributed by atoms with Crippen LogP contribution in [0.25, 0.3) is 10.8 Å². The molecule has 0 saturated heterocycles. The van der Waals surface area contributed by atoms with Crippen LogP contribution in [-0.4, -0.2) is 10.2 Å². The second-order valence-corrected chi connectivity index (χ2v) is 2.68. The van der Waals surface area contributed by atoms with Crippen LogP contribution in [0.5, 0.6) is 0 Å². The van der Waals surface area contributed by atoms with Crippen LogP contribution in [0.15, 0.2) is 27.8 Å². The molecule has 2 aromatic rings. The van der Waals surface area contributed by atoms with Gasteiger partial charge in [0.2, 0.25) is 0 Å². The van der Waals surface area contributed by atoms with Gasteiger partial charge >= 0.3 is 29.6 Å². The fraction of sp³-hybridized carbons (Fsp3) is 0. The molecular formula is C8H7N3NaO2+. The van der Waals surface area contributed by atoms with Gasteiger partial charge in [-0.2, -0.15) is 0 Å². The van der Waals surface area contributed by atoms with Crippen molar-refractivity contribution in [2.45, 2.75) is 0 Å². The van der Waals surface area contributed by atoms with E-state index in [0.29, 0.717) is 11.1 Å². The van der Waals surface area contributed by atoms with Crippen molar-refractivity contribution >= 4 is 16.5 Å². The monoisotopic (exact) mass is 200 g/mol. The number of nitrogen functional groups attached to an aromatic ring is 1. The predicted molar refractivity (Wildman–Crippen MR) is 49.6 cm³/mol. The average Bonchev–Trinajstić information content (AvgIpc) is 2.12. The fourth-order valence-corrected chi connectivity index (χ4v) is 1.26. The Morgan fingerprint density at radius 2 is 1.71 bits per heavy atom. The summed E-state index contributed by atoms with van der Waals surface area (Å²) >= 11 is 0. The smallest absolute Gasteiger partial charge is 0.398 e. The number of anilines is 1. The van der Waals surface area contributed by atoms with E-state index in [-0.39, 0.29) is 46.1 Å². The summed E-state index contributed by atoms with van der Waals surface area (Å²) in [5, 5.41) is 4.98. The molecule has 2 rings (SSSR count). The number of aromatic amines is 2. The van der Waals surface area contributed by atoms with Gasteiger partial charge in [-0.3, -0.25) is 19.8 Å². The van der Waals surface area contributed by atoms with Crippen molar-refractivity contribution in [2.75, 3.05) is 5.73 Å². The minimum absolute atomic E-state index is 0. The van der Waals surface area contributed by atoms with Gasteiger partial charge in [0.25, 0.3) is 11.1 Å². The Balaban J connectivity index is 0.000000980. The van der Waals surface area contributed by atoms with E-state index in [4.69, 9.17) is 5.73 Å². The van der Waals surface area contributed by atoms with Crippen LogP contribution in [-0.2, 0) is 0 Å². The maximum atomic E-state index is 11.2. The summed E-state index contributed by atoms with van der Waals surface area (Å²) < 4.78 is 0. The largest absolute Gasteiger partial charge is 1.00 e. The van der Waals surface area contributed by atoms with E-state index in [1.54, 1.807) is 18.2 Å². The molecule has 0 aliphatic carbocycles. The number of rotatable bonds is 0. The van der Waals surface area contributed by atoms with E-state index in [2.05, 4.69) is 10.2 Å². The van der Waals surface area contributed by atoms with Crippen LogP contribution < -0.4 is 46.4 Å². The number of fused-ring (bicyclic) bond motifs is 1. The summed E-state index contributed by atoms with van der Waals surface area (Å²) in [7, 11) is 0. The van der Waals surface area contributed by atoms with Crippen LogP contribution in [0.2, 0.25) is 0 Å². The van der Waals surface area contributed by atoms with Crippen molar-refractivity contribution in [3.8, 4) is 0 Å². The molecule has 5 nitrogen and oxygen atoms in total. The van der Waals surface area contributed by atoms with Crippen LogP contribution in [0.3, 0.4) is 0 Å². The maximum absolute atomic E-state index is 11.2. The minimum Gasteiger partial charge on any atom is -0.398 e. The average molecular weight is 200 g/mol. The molecule has 6 heteroatoms. The Morgan fingerprint density at radius 3 is 2.36 bits per heavy atom. The summed E-state index contributed by atoms with van der Waals surface area (Å²) in [5.41, 5.74) is 5.14. The van der Waals surface area contributed by atoms with Gasteiger partial charge in [0, 0.05) is 5.69 Å². The number of benzene rings is 1. The molecule has 1 aromatic heterocycles. The third-order valence-corrected chi connectivity index (χ3v) is 1.86. The Morgan fingerprint density at radius 1 is 1.07 bits per heavy atom. The number of aromatic nitrogens is 2. The van der Waals surface area contributed by atoms with E-state index in [0.717, 1.165) is 0 Å². The topological polar surface area (TPSA) is 91.7 Å². The molecule has 1 heterocycles. The molecule has 0 saturated carbocycles. The van der Waals surface area contributed by atoms with Crippen LogP contribution >= 0.6 is 0 Å². The quantitative estimate of drug-likeness (QED) is 0.309. The zero-order valence-electron chi connectivity index (χ0n) is 7.63. The molecule has 0 unspecified atom stereocenters. The van der Waals surface area contributed by atoms with Crippen molar-refractivity contribution in [3.63, 3.8) is 0 Å². The molecule has 0 aliphatic rings. The molecule has 14 heavy (non-hydrogen) atoms. The molecule has 0 spiro atoms. The molecule has 4 N–H and O–H groups in total. The van der Waals surface area contributed by atoms with Gasteiger partial charge in [-0.1, -0.05) is 6.07 Å². The molecule has 0 aliphatic heterocycles. The first-order chi connectivity index (χ1) is 6.20. The maximum Gasteiger partial charge on any atom is 1.00 e. The van der Waals surface area contributed by atoms with Crippen LogP contribution in [0.4, 0.5) is 5.69 Å². The van der Waals surface area contributed by atoms with E-state index < -0.39 is 0 Å². The van der Waals surface area contributed by atoms with Gasteiger partial charge in [0.15, 0.2) is 0 Å². The van der Waals surface area contributed by atoms with Crippen LogP contribution in [0.1, 0.15) is 0 Å². The molecule has 0 atom stereocenters. The van der Waals surface area contributed by atoms with Crippen LogP contribution in [0, 0.1) is 0 Å². The van der Waals surface area contributed by atoms with E-state index >= 15 is 0 Å². The Bertz CT molecular complexity index is 573. The normalized spacial score (nSPS) is 9.71. The second-order valence-electron chi connectivity index (χ2n) is 2.68. The number of nitrogens with one attached hydrogen (secondary N) is 2. The zero-order valence-corrected chi connectivity index (χ0v) is 9.63. The number of hydrogen-bond donors (Lipinski definition) is 3. The third-order valence-electron chi connectivity index (χ3n) is 1.86. The molecule has 0 radical (unpaired) electrons. The molecule has 0 amide bonds. The summed E-state index contributed by atoms with van der Waals surface area (Å²) in [6, 6.07) is 4.77. The summed E-state index contributed by atoms with van der Waals surface area (Å²) in [5.74, 6) is 0. The first-order valence-electron chi connectivity index (χ1n) is 3.69. The molecular weight excluding hydrogens is 193 g/mol. The molecule has 66 valence electrons. The van der Waals surface area contributed by atoms with Gasteiger partial charge in [0.05, 0.1) is 10.8 Å². The summed E-state index contributed by atoms with van der Waals surface area (Å²) in [4.78, 5) is 22.4. The SMILES string of the molecule is Nc1cccc2c(=O)[nH][nH]c(=O)c12.[Na+]. The minimum atomic E-state index is -0.382. The summed E-state index contributed by atoms with van der Waals surface area (Å²) in [6.07, 6.45) is 0. The Labute approximate surface area is 101 Å². The number of H-pyrrole nitrogens is 2. The van der Waals surface area contributed by atoms with Crippen molar-refractivity contribution in [1.82, 2.24) is 10.2 Å². The van der Waals surface area contributed by atoms with Crippen molar-refractivity contribution in [2.24, 2.45) is 0 Å². The third kappa shape index (κ3) is 1.61. The van der Waals surface area contributed by atoms with Gasteiger partial charge in [-0.25, -0.2) is 0 Å². The van der Waals surface area contributed by atoms with Gasteiger partial charge in [-0.15, -0.1) is 0 Å². The van der Waals surface area contributed by atoms with E-state index in [1.165, 1.54) is 0 Å². The molecule has 0 fully saturated rings. The molecule has 0 bridgehead atoms. The fourth-order valence-electron chi connectivity index (χ4n) is 1.26. The Hall–Kier alpha value is -1.04. The van der Waals surface area contributed by atoms with Crippen molar-refractivity contribution < 1.29 is 29.6 Å². The zero-order chi connectivity index (χ0) is 9.42. The van der Waals surface area contributed by atoms with Gasteiger partial charge in [0.1, 0.15) is 0 Å². The van der Waals surface area contributed by atoms with Gasteiger partial charge in [-0.05, 0) is 12.1 Å². The summed E-state index contributed by atoms with van der Waals surface area (Å²) in [6.45, 7) is 0. The van der Waals surface area contributed by atoms with Crippen molar-refractivity contribution in [1.29, 1.82) is 0 Å². The number of nitrogens with two attached hydrogens (primary N) is 1. The van der Waals surface area contributed by atoms with E-state index in [1.807, 2.05) is 0 Å². The number of hydrogen-bond acceptors (Lipinski definition) is 3.